The number of ether oxygens (including phenoxy) is 4. The molecule has 0 fully saturated rings. The number of hydrogen-bond acceptors (Lipinski definition) is 15. The van der Waals surface area contributed by atoms with Crippen LogP contribution in [0, 0.1) is 5.92 Å². The SMILES string of the molecule is CCCCCCCCCCCCCCCCCCCCCCC(=O)OC[C@H](COP(=O)(O)OC[C@@H](O)COP(=O)(O)OC[C@@H](COC(=O)CCCCCCC)OC(=O)CCCCCCCCCCCCCCCCCC)OC(=O)CCCCCCCCCCCCCCCCCCCCC(C)CC. The Morgan fingerprint density at radius 1 is 0.272 bits per heavy atom. The van der Waals surface area contributed by atoms with Crippen LogP contribution in [0.5, 0.6) is 0 Å². The van der Waals surface area contributed by atoms with Crippen molar-refractivity contribution in [2.24, 2.45) is 5.92 Å². The summed E-state index contributed by atoms with van der Waals surface area (Å²) in [5, 5.41) is 10.6. The molecule has 0 aliphatic heterocycles. The zero-order valence-corrected chi connectivity index (χ0v) is 69.3. The van der Waals surface area contributed by atoms with E-state index >= 15 is 0 Å². The zero-order valence-electron chi connectivity index (χ0n) is 67.5. The van der Waals surface area contributed by atoms with Crippen LogP contribution in [0.2, 0.25) is 0 Å². The van der Waals surface area contributed by atoms with Gasteiger partial charge in [-0.05, 0) is 31.6 Å². The Bertz CT molecular complexity index is 1960. The van der Waals surface area contributed by atoms with E-state index in [0.717, 1.165) is 102 Å². The number of unbranched alkanes of at least 4 members (excludes halogenated alkanes) is 55. The monoisotopic (exact) mass is 1510 g/mol. The second-order valence-corrected chi connectivity index (χ2v) is 33.4. The number of aliphatic hydroxyl groups is 1. The Hall–Kier alpha value is -1.94. The summed E-state index contributed by atoms with van der Waals surface area (Å²) in [6.45, 7) is 7.33. The molecule has 17 nitrogen and oxygen atoms in total. The number of aliphatic hydroxyl groups excluding tert-OH is 1. The highest BCUT2D eigenvalue weighted by molar-refractivity contribution is 7.47. The minimum Gasteiger partial charge on any atom is -0.462 e. The molecule has 0 saturated carbocycles. The van der Waals surface area contributed by atoms with Gasteiger partial charge in [0.15, 0.2) is 12.2 Å². The van der Waals surface area contributed by atoms with Gasteiger partial charge in [0.1, 0.15) is 19.3 Å². The van der Waals surface area contributed by atoms with E-state index in [1.165, 1.54) is 270 Å². The fourth-order valence-electron chi connectivity index (χ4n) is 13.1. The second kappa shape index (κ2) is 76.8. The third-order valence-electron chi connectivity index (χ3n) is 20.1. The highest BCUT2D eigenvalue weighted by atomic mass is 31.2. The molecule has 0 bridgehead atoms. The summed E-state index contributed by atoms with van der Waals surface area (Å²) in [7, 11) is -9.91. The topological polar surface area (TPSA) is 237 Å². The van der Waals surface area contributed by atoms with Gasteiger partial charge in [-0.3, -0.25) is 37.3 Å². The molecule has 0 amide bonds. The third kappa shape index (κ3) is 76.6. The molecule has 0 aliphatic carbocycles. The Kier molecular flexibility index (Phi) is 75.4. The molecule has 0 aliphatic rings. The molecule has 0 radical (unpaired) electrons. The minimum atomic E-state index is -4.96. The third-order valence-corrected chi connectivity index (χ3v) is 22.0. The van der Waals surface area contributed by atoms with Gasteiger partial charge in [0, 0.05) is 25.7 Å². The van der Waals surface area contributed by atoms with Gasteiger partial charge in [0.05, 0.1) is 26.4 Å². The Balaban J connectivity index is 5.10. The Morgan fingerprint density at radius 3 is 0.689 bits per heavy atom. The fraction of sp³-hybridized carbons (Fsp3) is 0.952. The summed E-state index contributed by atoms with van der Waals surface area (Å²) in [4.78, 5) is 72.8. The van der Waals surface area contributed by atoms with E-state index in [1.54, 1.807) is 0 Å². The first kappa shape index (κ1) is 101. The molecule has 612 valence electrons. The lowest BCUT2D eigenvalue weighted by Gasteiger charge is -2.21. The number of phosphoric ester groups is 2. The van der Waals surface area contributed by atoms with Crippen molar-refractivity contribution in [3.8, 4) is 0 Å². The van der Waals surface area contributed by atoms with Crippen LogP contribution in [0.4, 0.5) is 0 Å². The van der Waals surface area contributed by atoms with Crippen molar-refractivity contribution >= 4 is 39.5 Å². The molecule has 0 heterocycles. The van der Waals surface area contributed by atoms with E-state index < -0.39 is 97.5 Å². The molecule has 19 heteroatoms. The summed E-state index contributed by atoms with van der Waals surface area (Å²) in [6.07, 6.45) is 69.9. The number of carbonyl (C=O) groups is 4. The van der Waals surface area contributed by atoms with E-state index in [2.05, 4.69) is 34.6 Å². The summed E-state index contributed by atoms with van der Waals surface area (Å²) in [5.41, 5.74) is 0. The largest absolute Gasteiger partial charge is 0.472 e. The predicted molar refractivity (Wildman–Crippen MR) is 423 cm³/mol. The molecule has 0 spiro atoms. The van der Waals surface area contributed by atoms with E-state index in [9.17, 15) is 43.2 Å². The Labute approximate surface area is 632 Å². The van der Waals surface area contributed by atoms with Crippen LogP contribution in [0.1, 0.15) is 452 Å². The maximum Gasteiger partial charge on any atom is 0.472 e. The molecule has 0 rings (SSSR count). The van der Waals surface area contributed by atoms with Crippen LogP contribution in [-0.4, -0.2) is 96.7 Å². The van der Waals surface area contributed by atoms with Crippen LogP contribution in [0.25, 0.3) is 0 Å². The average molecular weight is 1510 g/mol. The van der Waals surface area contributed by atoms with Crippen LogP contribution in [0.3, 0.4) is 0 Å². The lowest BCUT2D eigenvalue weighted by Crippen LogP contribution is -2.30. The molecule has 3 unspecified atom stereocenters. The van der Waals surface area contributed by atoms with Crippen molar-refractivity contribution in [3.63, 3.8) is 0 Å². The van der Waals surface area contributed by atoms with Crippen molar-refractivity contribution in [2.45, 2.75) is 470 Å². The number of phosphoric acid groups is 2. The highest BCUT2D eigenvalue weighted by Gasteiger charge is 2.30. The average Bonchev–Trinajstić information content (AvgIpc) is 0.925. The van der Waals surface area contributed by atoms with Gasteiger partial charge in [-0.1, -0.05) is 401 Å². The quantitative estimate of drug-likeness (QED) is 0.0222. The van der Waals surface area contributed by atoms with Gasteiger partial charge < -0.3 is 33.8 Å². The Morgan fingerprint density at radius 2 is 0.466 bits per heavy atom. The van der Waals surface area contributed by atoms with Gasteiger partial charge >= 0.3 is 39.5 Å². The minimum absolute atomic E-state index is 0.108. The molecule has 103 heavy (non-hydrogen) atoms. The van der Waals surface area contributed by atoms with Crippen LogP contribution < -0.4 is 0 Å². The summed E-state index contributed by atoms with van der Waals surface area (Å²) in [5.74, 6) is -1.24. The number of carbonyl (C=O) groups excluding carboxylic acids is 4. The molecule has 3 N–H and O–H groups in total. The van der Waals surface area contributed by atoms with Crippen molar-refractivity contribution in [1.29, 1.82) is 0 Å². The summed E-state index contributed by atoms with van der Waals surface area (Å²) in [6, 6.07) is 0. The smallest absolute Gasteiger partial charge is 0.462 e. The molecule has 0 aromatic heterocycles. The summed E-state index contributed by atoms with van der Waals surface area (Å²) >= 11 is 0. The molecule has 0 saturated heterocycles. The van der Waals surface area contributed by atoms with Crippen molar-refractivity contribution in [1.82, 2.24) is 0 Å². The van der Waals surface area contributed by atoms with Crippen LogP contribution in [0.15, 0.2) is 0 Å². The number of esters is 4. The van der Waals surface area contributed by atoms with Crippen LogP contribution in [-0.2, 0) is 65.4 Å². The first-order chi connectivity index (χ1) is 50.1. The zero-order chi connectivity index (χ0) is 75.5. The van der Waals surface area contributed by atoms with Gasteiger partial charge in [-0.15, -0.1) is 0 Å². The second-order valence-electron chi connectivity index (χ2n) is 30.5. The molecular formula is C84H164O17P2. The number of rotatable bonds is 84. The van der Waals surface area contributed by atoms with Crippen molar-refractivity contribution < 1.29 is 80.2 Å². The van der Waals surface area contributed by atoms with Gasteiger partial charge in [-0.25, -0.2) is 9.13 Å². The summed E-state index contributed by atoms with van der Waals surface area (Å²) < 4.78 is 68.6. The fourth-order valence-corrected chi connectivity index (χ4v) is 14.7. The standard InChI is InChI=1S/C84H164O17P2/c1-6-10-13-16-18-20-22-24-26-28-29-30-34-38-41-45-49-53-58-63-68-82(87)95-74-80(101-84(89)70-65-60-55-51-47-43-39-35-32-31-33-36-40-44-48-52-57-61-66-77(5)9-4)76-99-103(92,93)97-72-78(85)71-96-102(90,91)98-75-79(73-94-81(86)67-62-56-15-12-8-3)100-83(88)69-64-59-54-50-46-42-37-27-25-23-21-19-17-14-11-7-2/h77-80,85H,6-76H2,1-5H3,(H,90,91)(H,92,93)/t77?,78-,79+,80+/m0/s1. The molecule has 0 aromatic carbocycles. The lowest BCUT2D eigenvalue weighted by atomic mass is 9.99. The first-order valence-corrected chi connectivity index (χ1v) is 46.7. The van der Waals surface area contributed by atoms with Crippen LogP contribution >= 0.6 is 15.6 Å². The highest BCUT2D eigenvalue weighted by Crippen LogP contribution is 2.45. The first-order valence-electron chi connectivity index (χ1n) is 43.7. The van der Waals surface area contributed by atoms with E-state index in [0.29, 0.717) is 25.7 Å². The van der Waals surface area contributed by atoms with Gasteiger partial charge in [0.2, 0.25) is 0 Å². The van der Waals surface area contributed by atoms with E-state index in [-0.39, 0.29) is 25.7 Å². The van der Waals surface area contributed by atoms with E-state index in [1.807, 2.05) is 0 Å². The molecule has 0 aromatic rings. The lowest BCUT2D eigenvalue weighted by molar-refractivity contribution is -0.161. The molecular weight excluding hydrogens is 1340 g/mol. The maximum absolute atomic E-state index is 13.1. The van der Waals surface area contributed by atoms with Gasteiger partial charge in [-0.2, -0.15) is 0 Å². The van der Waals surface area contributed by atoms with Gasteiger partial charge in [0.25, 0.3) is 0 Å². The number of hydrogen-bond donors (Lipinski definition) is 3. The van der Waals surface area contributed by atoms with E-state index in [4.69, 9.17) is 37.0 Å². The van der Waals surface area contributed by atoms with Crippen molar-refractivity contribution in [2.75, 3.05) is 39.6 Å². The predicted octanol–water partition coefficient (Wildman–Crippen LogP) is 25.6. The van der Waals surface area contributed by atoms with Crippen molar-refractivity contribution in [3.05, 3.63) is 0 Å². The molecule has 6 atom stereocenters. The maximum atomic E-state index is 13.1. The normalized spacial score (nSPS) is 14.1.